The van der Waals surface area contributed by atoms with Gasteiger partial charge in [-0.25, -0.2) is 8.42 Å². The van der Waals surface area contributed by atoms with Gasteiger partial charge in [-0.1, -0.05) is 0 Å². The van der Waals surface area contributed by atoms with Crippen molar-refractivity contribution in [3.63, 3.8) is 0 Å². The van der Waals surface area contributed by atoms with Crippen LogP contribution in [0.3, 0.4) is 0 Å². The highest BCUT2D eigenvalue weighted by molar-refractivity contribution is 7.91. The third-order valence-electron chi connectivity index (χ3n) is 2.51. The second kappa shape index (κ2) is 5.48. The van der Waals surface area contributed by atoms with E-state index in [1.165, 1.54) is 23.5 Å². The van der Waals surface area contributed by atoms with Gasteiger partial charge in [-0.15, -0.1) is 11.3 Å². The van der Waals surface area contributed by atoms with Crippen LogP contribution >= 0.6 is 11.3 Å². The molecule has 2 rings (SSSR count). The highest BCUT2D eigenvalue weighted by atomic mass is 32.2. The Balaban J connectivity index is 2.22. The highest BCUT2D eigenvalue weighted by Crippen LogP contribution is 2.24. The lowest BCUT2D eigenvalue weighted by molar-refractivity contribution is 0.468. The van der Waals surface area contributed by atoms with Gasteiger partial charge in [0.25, 0.3) is 10.0 Å². The molecule has 0 fully saturated rings. The lowest BCUT2D eigenvalue weighted by Crippen LogP contribution is -2.25. The van der Waals surface area contributed by atoms with E-state index in [1.54, 1.807) is 24.5 Å². The average Bonchev–Trinajstić information content (AvgIpc) is 2.89. The van der Waals surface area contributed by atoms with Crippen LogP contribution in [-0.4, -0.2) is 24.8 Å². The molecule has 0 atom stereocenters. The van der Waals surface area contributed by atoms with Crippen LogP contribution in [0.5, 0.6) is 0 Å². The Morgan fingerprint density at radius 2 is 2.00 bits per heavy atom. The Hall–Kier alpha value is -1.75. The monoisotopic (exact) mass is 293 g/mol. The Labute approximate surface area is 115 Å². The molecule has 0 radical (unpaired) electrons. The Morgan fingerprint density at radius 3 is 2.58 bits per heavy atom. The van der Waals surface area contributed by atoms with E-state index in [9.17, 15) is 8.42 Å². The molecule has 2 aromatic rings. The average molecular weight is 293 g/mol. The minimum absolute atomic E-state index is 0.181. The fourth-order valence-electron chi connectivity index (χ4n) is 1.50. The van der Waals surface area contributed by atoms with Crippen LogP contribution in [0.25, 0.3) is 0 Å². The fraction of sp³-hybridized carbons (Fsp3) is 0.167. The summed E-state index contributed by atoms with van der Waals surface area (Å²) in [4.78, 5) is 4.27. The summed E-state index contributed by atoms with van der Waals surface area (Å²) in [5, 5.41) is 8.74. The van der Waals surface area contributed by atoms with Crippen LogP contribution < -0.4 is 0 Å². The molecular formula is C12H11N3O2S2. The molecule has 0 N–H and O–H groups in total. The first-order chi connectivity index (χ1) is 9.04. The molecule has 0 spiro atoms. The number of thiophene rings is 1. The molecule has 0 aliphatic heterocycles. The molecule has 5 nitrogen and oxygen atoms in total. The molecule has 7 heteroatoms. The minimum Gasteiger partial charge on any atom is -0.265 e. The predicted octanol–water partition coefficient (Wildman–Crippen LogP) is 1.84. The maximum absolute atomic E-state index is 12.3. The third kappa shape index (κ3) is 2.98. The van der Waals surface area contributed by atoms with E-state index in [1.807, 2.05) is 6.07 Å². The van der Waals surface area contributed by atoms with E-state index in [0.29, 0.717) is 4.88 Å². The summed E-state index contributed by atoms with van der Waals surface area (Å²) in [6.07, 6.45) is 3.24. The number of rotatable bonds is 4. The second-order valence-electron chi connectivity index (χ2n) is 3.85. The zero-order chi connectivity index (χ0) is 13.9. The number of nitriles is 1. The summed E-state index contributed by atoms with van der Waals surface area (Å²) in [5.74, 6) is 0. The van der Waals surface area contributed by atoms with Gasteiger partial charge in [0, 0.05) is 26.0 Å². The first kappa shape index (κ1) is 13.7. The van der Waals surface area contributed by atoms with Crippen molar-refractivity contribution in [3.05, 3.63) is 47.1 Å². The number of nitrogens with zero attached hydrogens (tertiary/aromatic N) is 3. The van der Waals surface area contributed by atoms with E-state index in [2.05, 4.69) is 4.98 Å². The summed E-state index contributed by atoms with van der Waals surface area (Å²) in [7, 11) is -2.03. The van der Waals surface area contributed by atoms with Crippen molar-refractivity contribution >= 4 is 21.4 Å². The van der Waals surface area contributed by atoms with Crippen molar-refractivity contribution in [3.8, 4) is 6.07 Å². The van der Waals surface area contributed by atoms with Gasteiger partial charge in [0.05, 0.1) is 0 Å². The zero-order valence-corrected chi connectivity index (χ0v) is 11.8. The summed E-state index contributed by atoms with van der Waals surface area (Å²) >= 11 is 0.976. The summed E-state index contributed by atoms with van der Waals surface area (Å²) in [5.41, 5.74) is 0.859. The van der Waals surface area contributed by atoms with Crippen molar-refractivity contribution < 1.29 is 8.42 Å². The topological polar surface area (TPSA) is 74.1 Å². The van der Waals surface area contributed by atoms with E-state index in [4.69, 9.17) is 5.26 Å². The van der Waals surface area contributed by atoms with Gasteiger partial charge in [-0.2, -0.15) is 9.57 Å². The molecule has 0 amide bonds. The Morgan fingerprint density at radius 1 is 1.32 bits per heavy atom. The van der Waals surface area contributed by atoms with E-state index in [0.717, 1.165) is 16.9 Å². The molecule has 0 bridgehead atoms. The van der Waals surface area contributed by atoms with Crippen molar-refractivity contribution in [2.24, 2.45) is 0 Å². The van der Waals surface area contributed by atoms with Crippen molar-refractivity contribution in [1.29, 1.82) is 5.26 Å². The van der Waals surface area contributed by atoms with Gasteiger partial charge in [0.2, 0.25) is 0 Å². The Bertz CT molecular complexity index is 702. The maximum Gasteiger partial charge on any atom is 0.252 e. The molecule has 0 unspecified atom stereocenters. The molecule has 0 saturated heterocycles. The van der Waals surface area contributed by atoms with E-state index >= 15 is 0 Å². The van der Waals surface area contributed by atoms with Crippen LogP contribution in [0.15, 0.2) is 40.9 Å². The molecule has 2 aromatic heterocycles. The maximum atomic E-state index is 12.3. The zero-order valence-electron chi connectivity index (χ0n) is 10.1. The smallest absolute Gasteiger partial charge is 0.252 e. The number of pyridine rings is 1. The fourth-order valence-corrected chi connectivity index (χ4v) is 3.98. The quantitative estimate of drug-likeness (QED) is 0.862. The SMILES string of the molecule is CN(Cc1ccncc1)S(=O)(=O)c1ccc(C#N)s1. The lowest BCUT2D eigenvalue weighted by atomic mass is 10.3. The first-order valence-electron chi connectivity index (χ1n) is 5.39. The molecule has 19 heavy (non-hydrogen) atoms. The molecule has 98 valence electrons. The van der Waals surface area contributed by atoms with Gasteiger partial charge >= 0.3 is 0 Å². The number of hydrogen-bond donors (Lipinski definition) is 0. The van der Waals surface area contributed by atoms with Crippen LogP contribution in [-0.2, 0) is 16.6 Å². The standard InChI is InChI=1S/C12H11N3O2S2/c1-15(9-10-4-6-14-7-5-10)19(16,17)12-3-2-11(8-13)18-12/h2-7H,9H2,1H3. The van der Waals surface area contributed by atoms with E-state index in [-0.39, 0.29) is 10.8 Å². The van der Waals surface area contributed by atoms with Gasteiger partial charge in [-0.3, -0.25) is 4.98 Å². The molecular weight excluding hydrogens is 282 g/mol. The molecule has 0 aliphatic carbocycles. The summed E-state index contributed by atoms with van der Waals surface area (Å²) < 4.78 is 26.0. The molecule has 0 aliphatic rings. The van der Waals surface area contributed by atoms with Crippen LogP contribution in [0.4, 0.5) is 0 Å². The van der Waals surface area contributed by atoms with E-state index < -0.39 is 10.0 Å². The summed E-state index contributed by atoms with van der Waals surface area (Å²) in [6, 6.07) is 8.44. The van der Waals surface area contributed by atoms with Gasteiger partial charge in [-0.05, 0) is 29.8 Å². The van der Waals surface area contributed by atoms with Gasteiger partial charge in [0.1, 0.15) is 15.2 Å². The highest BCUT2D eigenvalue weighted by Gasteiger charge is 2.22. The normalized spacial score (nSPS) is 11.4. The number of hydrogen-bond acceptors (Lipinski definition) is 5. The van der Waals surface area contributed by atoms with Gasteiger partial charge in [0.15, 0.2) is 0 Å². The van der Waals surface area contributed by atoms with Crippen molar-refractivity contribution in [2.75, 3.05) is 7.05 Å². The summed E-state index contributed by atoms with van der Waals surface area (Å²) in [6.45, 7) is 0.268. The first-order valence-corrected chi connectivity index (χ1v) is 7.65. The number of sulfonamides is 1. The van der Waals surface area contributed by atoms with Crippen LogP contribution in [0.2, 0.25) is 0 Å². The molecule has 0 saturated carbocycles. The Kier molecular flexibility index (Phi) is 3.95. The van der Waals surface area contributed by atoms with Crippen molar-refractivity contribution in [1.82, 2.24) is 9.29 Å². The van der Waals surface area contributed by atoms with Gasteiger partial charge < -0.3 is 0 Å². The molecule has 2 heterocycles. The lowest BCUT2D eigenvalue weighted by Gasteiger charge is -2.15. The minimum atomic E-state index is -3.55. The second-order valence-corrected chi connectivity index (χ2v) is 7.20. The van der Waals surface area contributed by atoms with Crippen LogP contribution in [0, 0.1) is 11.3 Å². The third-order valence-corrected chi connectivity index (χ3v) is 5.77. The van der Waals surface area contributed by atoms with Crippen LogP contribution in [0.1, 0.15) is 10.4 Å². The predicted molar refractivity (Wildman–Crippen MR) is 71.9 cm³/mol. The largest absolute Gasteiger partial charge is 0.265 e. The van der Waals surface area contributed by atoms with Crippen molar-refractivity contribution in [2.45, 2.75) is 10.8 Å². The molecule has 0 aromatic carbocycles. The number of aromatic nitrogens is 1.